The van der Waals surface area contributed by atoms with E-state index in [-0.39, 0.29) is 5.84 Å². The van der Waals surface area contributed by atoms with Gasteiger partial charge in [0.25, 0.3) is 0 Å². The summed E-state index contributed by atoms with van der Waals surface area (Å²) in [5.41, 5.74) is 7.40. The molecule has 2 rings (SSSR count). The summed E-state index contributed by atoms with van der Waals surface area (Å²) in [7, 11) is 3.78. The molecule has 0 aliphatic heterocycles. The summed E-state index contributed by atoms with van der Waals surface area (Å²) in [6.07, 6.45) is 2.65. The number of amidine groups is 1. The fourth-order valence-electron chi connectivity index (χ4n) is 2.47. The van der Waals surface area contributed by atoms with Gasteiger partial charge in [0.1, 0.15) is 5.75 Å². The molecule has 20 heavy (non-hydrogen) atoms. The minimum absolute atomic E-state index is 0.117. The van der Waals surface area contributed by atoms with Crippen molar-refractivity contribution < 1.29 is 9.94 Å². The van der Waals surface area contributed by atoms with Crippen LogP contribution in [0.4, 0.5) is 0 Å². The zero-order valence-corrected chi connectivity index (χ0v) is 12.3. The smallest absolute Gasteiger partial charge is 0.170 e. The second-order valence-electron chi connectivity index (χ2n) is 5.51. The van der Waals surface area contributed by atoms with Crippen LogP contribution in [0.25, 0.3) is 0 Å². The average Bonchev–Trinajstić information content (AvgIpc) is 3.30. The van der Waals surface area contributed by atoms with E-state index in [0.717, 1.165) is 23.8 Å². The second kappa shape index (κ2) is 6.13. The summed E-state index contributed by atoms with van der Waals surface area (Å²) in [6, 6.07) is 6.14. The summed E-state index contributed by atoms with van der Waals surface area (Å²) in [5, 5.41) is 11.8. The minimum atomic E-state index is 0.117. The number of benzene rings is 1. The van der Waals surface area contributed by atoms with E-state index in [9.17, 15) is 0 Å². The Hall–Kier alpha value is -1.75. The Morgan fingerprint density at radius 3 is 2.80 bits per heavy atom. The lowest BCUT2D eigenvalue weighted by Crippen LogP contribution is -2.30. The van der Waals surface area contributed by atoms with Gasteiger partial charge in [-0.1, -0.05) is 5.16 Å². The third kappa shape index (κ3) is 3.22. The zero-order valence-electron chi connectivity index (χ0n) is 12.3. The molecular formula is C15H23N3O2. The molecule has 0 saturated heterocycles. The molecule has 1 unspecified atom stereocenters. The van der Waals surface area contributed by atoms with Crippen molar-refractivity contribution in [2.45, 2.75) is 32.4 Å². The lowest BCUT2D eigenvalue weighted by atomic mass is 10.1. The molecule has 1 atom stereocenters. The quantitative estimate of drug-likeness (QED) is 0.361. The van der Waals surface area contributed by atoms with Crippen molar-refractivity contribution in [1.29, 1.82) is 0 Å². The van der Waals surface area contributed by atoms with Crippen molar-refractivity contribution in [3.63, 3.8) is 0 Å². The van der Waals surface area contributed by atoms with E-state index in [1.54, 1.807) is 13.2 Å². The van der Waals surface area contributed by atoms with Crippen molar-refractivity contribution in [1.82, 2.24) is 4.90 Å². The number of methoxy groups -OCH3 is 1. The van der Waals surface area contributed by atoms with Crippen LogP contribution in [0.5, 0.6) is 5.75 Å². The number of hydrogen-bond donors (Lipinski definition) is 2. The number of oxime groups is 1. The van der Waals surface area contributed by atoms with E-state index in [1.165, 1.54) is 12.8 Å². The molecule has 1 aromatic rings. The van der Waals surface area contributed by atoms with E-state index < -0.39 is 0 Å². The molecular weight excluding hydrogens is 254 g/mol. The molecule has 0 aromatic heterocycles. The van der Waals surface area contributed by atoms with Gasteiger partial charge in [-0.05, 0) is 50.9 Å². The number of ether oxygens (including phenoxy) is 1. The standard InChI is InChI=1S/C15H23N3O2/c1-10(11-4-5-11)18(2)9-13-8-12(15(16)17-19)6-7-14(13)20-3/h6-8,10-11,19H,4-5,9H2,1-3H3,(H2,16,17). The average molecular weight is 277 g/mol. The van der Waals surface area contributed by atoms with E-state index in [2.05, 4.69) is 24.0 Å². The first-order valence-corrected chi connectivity index (χ1v) is 6.92. The van der Waals surface area contributed by atoms with E-state index in [1.807, 2.05) is 12.1 Å². The summed E-state index contributed by atoms with van der Waals surface area (Å²) in [4.78, 5) is 2.32. The van der Waals surface area contributed by atoms with Gasteiger partial charge in [0, 0.05) is 23.7 Å². The molecule has 3 N–H and O–H groups in total. The monoisotopic (exact) mass is 277 g/mol. The fourth-order valence-corrected chi connectivity index (χ4v) is 2.47. The third-order valence-electron chi connectivity index (χ3n) is 4.10. The van der Waals surface area contributed by atoms with Gasteiger partial charge in [-0.3, -0.25) is 4.90 Å². The topological polar surface area (TPSA) is 71.1 Å². The van der Waals surface area contributed by atoms with Gasteiger partial charge < -0.3 is 15.7 Å². The Kier molecular flexibility index (Phi) is 4.49. The van der Waals surface area contributed by atoms with Gasteiger partial charge in [-0.15, -0.1) is 0 Å². The summed E-state index contributed by atoms with van der Waals surface area (Å²) in [6.45, 7) is 3.05. The number of nitrogens with two attached hydrogens (primary N) is 1. The van der Waals surface area contributed by atoms with Gasteiger partial charge in [0.15, 0.2) is 5.84 Å². The van der Waals surface area contributed by atoms with Crippen molar-refractivity contribution in [2.75, 3.05) is 14.2 Å². The molecule has 5 heteroatoms. The van der Waals surface area contributed by atoms with Crippen LogP contribution >= 0.6 is 0 Å². The van der Waals surface area contributed by atoms with E-state index in [4.69, 9.17) is 15.7 Å². The van der Waals surface area contributed by atoms with Crippen LogP contribution in [0.3, 0.4) is 0 Å². The molecule has 0 amide bonds. The van der Waals surface area contributed by atoms with Crippen molar-refractivity contribution >= 4 is 5.84 Å². The van der Waals surface area contributed by atoms with Crippen LogP contribution < -0.4 is 10.5 Å². The highest BCUT2D eigenvalue weighted by molar-refractivity contribution is 5.97. The molecule has 1 fully saturated rings. The van der Waals surface area contributed by atoms with Crippen molar-refractivity contribution in [3.8, 4) is 5.75 Å². The van der Waals surface area contributed by atoms with Crippen molar-refractivity contribution in [2.24, 2.45) is 16.8 Å². The first-order chi connectivity index (χ1) is 9.56. The van der Waals surface area contributed by atoms with Crippen LogP contribution in [0.15, 0.2) is 23.4 Å². The van der Waals surface area contributed by atoms with Crippen molar-refractivity contribution in [3.05, 3.63) is 29.3 Å². The highest BCUT2D eigenvalue weighted by atomic mass is 16.5. The number of nitrogens with zero attached hydrogens (tertiary/aromatic N) is 2. The fraction of sp³-hybridized carbons (Fsp3) is 0.533. The van der Waals surface area contributed by atoms with Gasteiger partial charge in [-0.25, -0.2) is 0 Å². The first-order valence-electron chi connectivity index (χ1n) is 6.92. The summed E-state index contributed by atoms with van der Waals surface area (Å²) < 4.78 is 5.40. The highest BCUT2D eigenvalue weighted by Gasteiger charge is 2.30. The number of hydrogen-bond acceptors (Lipinski definition) is 4. The number of rotatable bonds is 6. The maximum Gasteiger partial charge on any atom is 0.170 e. The Balaban J connectivity index is 2.19. The zero-order chi connectivity index (χ0) is 14.7. The molecule has 0 bridgehead atoms. The Morgan fingerprint density at radius 1 is 1.55 bits per heavy atom. The lowest BCUT2D eigenvalue weighted by Gasteiger charge is -2.25. The van der Waals surface area contributed by atoms with E-state index >= 15 is 0 Å². The molecule has 0 heterocycles. The SMILES string of the molecule is COc1ccc(/C(N)=N/O)cc1CN(C)C(C)C1CC1. The Bertz CT molecular complexity index is 498. The second-order valence-corrected chi connectivity index (χ2v) is 5.51. The molecule has 0 spiro atoms. The van der Waals surface area contributed by atoms with Crippen LogP contribution in [-0.4, -0.2) is 36.1 Å². The maximum atomic E-state index is 8.78. The molecule has 0 radical (unpaired) electrons. The molecule has 1 aliphatic rings. The molecule has 1 aromatic carbocycles. The Morgan fingerprint density at radius 2 is 2.25 bits per heavy atom. The molecule has 110 valence electrons. The predicted octanol–water partition coefficient (Wildman–Crippen LogP) is 2.02. The van der Waals surface area contributed by atoms with Gasteiger partial charge >= 0.3 is 0 Å². The third-order valence-corrected chi connectivity index (χ3v) is 4.10. The van der Waals surface area contributed by atoms with Gasteiger partial charge in [-0.2, -0.15) is 0 Å². The molecule has 1 aliphatic carbocycles. The van der Waals surface area contributed by atoms with Crippen LogP contribution in [0.1, 0.15) is 30.9 Å². The van der Waals surface area contributed by atoms with Gasteiger partial charge in [0.05, 0.1) is 7.11 Å². The predicted molar refractivity (Wildman–Crippen MR) is 79.2 cm³/mol. The normalized spacial score (nSPS) is 17.3. The van der Waals surface area contributed by atoms with Gasteiger partial charge in [0.2, 0.25) is 0 Å². The molecule has 5 nitrogen and oxygen atoms in total. The maximum absolute atomic E-state index is 8.78. The first kappa shape index (κ1) is 14.7. The van der Waals surface area contributed by atoms with E-state index in [0.29, 0.717) is 11.6 Å². The van der Waals surface area contributed by atoms with Crippen LogP contribution in [0, 0.1) is 5.92 Å². The minimum Gasteiger partial charge on any atom is -0.496 e. The molecule has 1 saturated carbocycles. The highest BCUT2D eigenvalue weighted by Crippen LogP contribution is 2.35. The lowest BCUT2D eigenvalue weighted by molar-refractivity contribution is 0.223. The summed E-state index contributed by atoms with van der Waals surface area (Å²) >= 11 is 0. The van der Waals surface area contributed by atoms with Crippen LogP contribution in [-0.2, 0) is 6.54 Å². The summed E-state index contributed by atoms with van der Waals surface area (Å²) in [5.74, 6) is 1.76. The largest absolute Gasteiger partial charge is 0.496 e. The Labute approximate surface area is 120 Å². The van der Waals surface area contributed by atoms with Crippen LogP contribution in [0.2, 0.25) is 0 Å².